The molecule has 0 aromatic heterocycles. The zero-order chi connectivity index (χ0) is 31.5. The fourth-order valence-corrected chi connectivity index (χ4v) is 5.57. The van der Waals surface area contributed by atoms with Crippen LogP contribution >= 0.6 is 0 Å². The quantitative estimate of drug-likeness (QED) is 0.0628. The van der Waals surface area contributed by atoms with Crippen LogP contribution in [0.4, 0.5) is 0 Å². The number of hydrogen-bond donors (Lipinski definition) is 3. The van der Waals surface area contributed by atoms with Crippen LogP contribution < -0.4 is 16.0 Å². The van der Waals surface area contributed by atoms with E-state index in [1.807, 2.05) is 0 Å². The van der Waals surface area contributed by atoms with Gasteiger partial charge in [-0.1, -0.05) is 155 Å². The summed E-state index contributed by atoms with van der Waals surface area (Å²) >= 11 is 0. The number of nitrogens with one attached hydrogen (secondary N) is 3. The van der Waals surface area contributed by atoms with Crippen LogP contribution in [0.3, 0.4) is 0 Å². The molecule has 3 N–H and O–H groups in total. The van der Waals surface area contributed by atoms with Gasteiger partial charge in [-0.3, -0.25) is 9.59 Å². The first kappa shape index (κ1) is 41.9. The smallest absolute Gasteiger partial charge is 0.221 e. The molecule has 0 saturated carbocycles. The molecule has 0 bridgehead atoms. The minimum atomic E-state index is 0.147. The summed E-state index contributed by atoms with van der Waals surface area (Å²) in [4.78, 5) is 26.4. The Hall–Kier alpha value is -1.14. The van der Waals surface area contributed by atoms with Crippen molar-refractivity contribution in [3.05, 3.63) is 0 Å². The van der Waals surface area contributed by atoms with Gasteiger partial charge in [-0.25, -0.2) is 0 Å². The van der Waals surface area contributed by atoms with Gasteiger partial charge in [-0.2, -0.15) is 0 Å². The largest absolute Gasteiger partial charge is 0.356 e. The summed E-state index contributed by atoms with van der Waals surface area (Å²) in [5.74, 6) is 0.307. The van der Waals surface area contributed by atoms with Crippen molar-refractivity contribution in [2.75, 3.05) is 46.3 Å². The van der Waals surface area contributed by atoms with Gasteiger partial charge in [0.25, 0.3) is 0 Å². The Kier molecular flexibility index (Phi) is 34.4. The molecule has 43 heavy (non-hydrogen) atoms. The lowest BCUT2D eigenvalue weighted by Gasteiger charge is -2.16. The second-order valence-electron chi connectivity index (χ2n) is 13.0. The van der Waals surface area contributed by atoms with E-state index in [9.17, 15) is 9.59 Å². The van der Waals surface area contributed by atoms with Crippen LogP contribution in [0.15, 0.2) is 0 Å². The standard InChI is InChI=1S/C37H76N4O2/c1-4-6-8-10-12-14-16-18-20-22-24-26-30-39-36(42)28-32-38-33-35-41(3)34-29-37(43)40-31-27-25-23-21-19-17-15-13-11-9-7-5-2/h38H,4-35H2,1-3H3,(H,39,42)(H,40,43). The van der Waals surface area contributed by atoms with Gasteiger partial charge < -0.3 is 20.9 Å². The average molecular weight is 609 g/mol. The van der Waals surface area contributed by atoms with Gasteiger partial charge >= 0.3 is 0 Å². The lowest BCUT2D eigenvalue weighted by atomic mass is 10.1. The number of nitrogens with zero attached hydrogens (tertiary/aromatic N) is 1. The van der Waals surface area contributed by atoms with E-state index >= 15 is 0 Å². The molecule has 0 aromatic carbocycles. The molecule has 0 radical (unpaired) electrons. The van der Waals surface area contributed by atoms with Crippen molar-refractivity contribution in [3.8, 4) is 0 Å². The molecule has 0 saturated heterocycles. The predicted octanol–water partition coefficient (Wildman–Crippen LogP) is 8.92. The van der Waals surface area contributed by atoms with Crippen LogP contribution in [-0.2, 0) is 9.59 Å². The summed E-state index contributed by atoms with van der Waals surface area (Å²) in [6.45, 7) is 9.36. The highest BCUT2D eigenvalue weighted by molar-refractivity contribution is 5.76. The van der Waals surface area contributed by atoms with Crippen molar-refractivity contribution in [1.29, 1.82) is 0 Å². The van der Waals surface area contributed by atoms with Gasteiger partial charge in [0.1, 0.15) is 0 Å². The van der Waals surface area contributed by atoms with E-state index in [0.717, 1.165) is 45.6 Å². The van der Waals surface area contributed by atoms with Crippen molar-refractivity contribution in [3.63, 3.8) is 0 Å². The first-order valence-electron chi connectivity index (χ1n) is 19.0. The van der Waals surface area contributed by atoms with Crippen molar-refractivity contribution in [2.24, 2.45) is 0 Å². The third-order valence-corrected chi connectivity index (χ3v) is 8.62. The summed E-state index contributed by atoms with van der Waals surface area (Å²) in [6, 6.07) is 0. The number of rotatable bonds is 35. The maximum Gasteiger partial charge on any atom is 0.221 e. The first-order valence-corrected chi connectivity index (χ1v) is 19.0. The van der Waals surface area contributed by atoms with Gasteiger partial charge in [0.15, 0.2) is 0 Å². The normalized spacial score (nSPS) is 11.3. The van der Waals surface area contributed by atoms with Gasteiger partial charge in [-0.05, 0) is 19.9 Å². The highest BCUT2D eigenvalue weighted by atomic mass is 16.2. The monoisotopic (exact) mass is 609 g/mol. The number of carbonyl (C=O) groups excluding carboxylic acids is 2. The van der Waals surface area contributed by atoms with Crippen LogP contribution in [0.5, 0.6) is 0 Å². The second kappa shape index (κ2) is 35.3. The molecule has 0 rings (SSSR count). The van der Waals surface area contributed by atoms with Crippen LogP contribution in [-0.4, -0.2) is 63.0 Å². The lowest BCUT2D eigenvalue weighted by molar-refractivity contribution is -0.122. The van der Waals surface area contributed by atoms with E-state index in [1.165, 1.54) is 141 Å². The Labute approximate surface area is 269 Å². The highest BCUT2D eigenvalue weighted by Crippen LogP contribution is 2.13. The molecule has 0 aliphatic heterocycles. The van der Waals surface area contributed by atoms with E-state index in [1.54, 1.807) is 0 Å². The van der Waals surface area contributed by atoms with Crippen LogP contribution in [0, 0.1) is 0 Å². The molecule has 0 aliphatic rings. The molecule has 0 atom stereocenters. The molecule has 256 valence electrons. The first-order chi connectivity index (χ1) is 21.1. The Morgan fingerprint density at radius 3 is 1.16 bits per heavy atom. The SMILES string of the molecule is CCCCCCCCCCCCCCNC(=O)CCNCCN(C)CCC(=O)NCCCCCCCCCCCCCC. The Balaban J connectivity index is 3.36. The predicted molar refractivity (Wildman–Crippen MR) is 188 cm³/mol. The lowest BCUT2D eigenvalue weighted by Crippen LogP contribution is -2.34. The Morgan fingerprint density at radius 2 is 0.767 bits per heavy atom. The van der Waals surface area contributed by atoms with E-state index in [0.29, 0.717) is 19.4 Å². The maximum atomic E-state index is 12.1. The molecule has 6 nitrogen and oxygen atoms in total. The van der Waals surface area contributed by atoms with Crippen molar-refractivity contribution in [1.82, 2.24) is 20.9 Å². The molecule has 2 amide bonds. The number of amides is 2. The zero-order valence-electron chi connectivity index (χ0n) is 29.4. The minimum Gasteiger partial charge on any atom is -0.356 e. The molecule has 0 spiro atoms. The average Bonchev–Trinajstić information content (AvgIpc) is 3.00. The summed E-state index contributed by atoms with van der Waals surface area (Å²) < 4.78 is 0. The van der Waals surface area contributed by atoms with E-state index in [2.05, 4.69) is 41.7 Å². The topological polar surface area (TPSA) is 73.5 Å². The summed E-state index contributed by atoms with van der Waals surface area (Å²) in [7, 11) is 2.06. The molecule has 0 aliphatic carbocycles. The number of likely N-dealkylation sites (N-methyl/N-ethyl adjacent to an activating group) is 1. The van der Waals surface area contributed by atoms with Gasteiger partial charge in [0.2, 0.25) is 11.8 Å². The van der Waals surface area contributed by atoms with Crippen molar-refractivity contribution < 1.29 is 9.59 Å². The third kappa shape index (κ3) is 35.2. The van der Waals surface area contributed by atoms with E-state index < -0.39 is 0 Å². The van der Waals surface area contributed by atoms with Crippen LogP contribution in [0.25, 0.3) is 0 Å². The van der Waals surface area contributed by atoms with Gasteiger partial charge in [0.05, 0.1) is 0 Å². The Morgan fingerprint density at radius 1 is 0.419 bits per heavy atom. The fraction of sp³-hybridized carbons (Fsp3) is 0.946. The third-order valence-electron chi connectivity index (χ3n) is 8.62. The second-order valence-corrected chi connectivity index (χ2v) is 13.0. The van der Waals surface area contributed by atoms with E-state index in [-0.39, 0.29) is 11.8 Å². The van der Waals surface area contributed by atoms with Gasteiger partial charge in [-0.15, -0.1) is 0 Å². The molecule has 0 unspecified atom stereocenters. The molecule has 0 heterocycles. The van der Waals surface area contributed by atoms with Crippen LogP contribution in [0.1, 0.15) is 181 Å². The Bertz CT molecular complexity index is 587. The zero-order valence-corrected chi connectivity index (χ0v) is 29.4. The molecule has 6 heteroatoms. The van der Waals surface area contributed by atoms with Crippen molar-refractivity contribution >= 4 is 11.8 Å². The summed E-state index contributed by atoms with van der Waals surface area (Å²) in [6.07, 6.45) is 33.2. The number of unbranched alkanes of at least 4 members (excludes halogenated alkanes) is 22. The van der Waals surface area contributed by atoms with E-state index in [4.69, 9.17) is 0 Å². The number of carbonyl (C=O) groups is 2. The summed E-state index contributed by atoms with van der Waals surface area (Å²) in [5.41, 5.74) is 0. The van der Waals surface area contributed by atoms with Crippen molar-refractivity contribution in [2.45, 2.75) is 181 Å². The fourth-order valence-electron chi connectivity index (χ4n) is 5.57. The van der Waals surface area contributed by atoms with Gasteiger partial charge in [0, 0.05) is 52.1 Å². The maximum absolute atomic E-state index is 12.1. The van der Waals surface area contributed by atoms with Crippen LogP contribution in [0.2, 0.25) is 0 Å². The minimum absolute atomic E-state index is 0.147. The summed E-state index contributed by atoms with van der Waals surface area (Å²) in [5, 5.41) is 9.50. The highest BCUT2D eigenvalue weighted by Gasteiger charge is 2.05. The molecular formula is C37H76N4O2. The number of hydrogen-bond acceptors (Lipinski definition) is 4. The molecule has 0 aromatic rings. The molecular weight excluding hydrogens is 532 g/mol. The molecule has 0 fully saturated rings.